The van der Waals surface area contributed by atoms with Crippen molar-refractivity contribution in [3.05, 3.63) is 28.7 Å². The average Bonchev–Trinajstić information content (AvgIpc) is 2.29. The van der Waals surface area contributed by atoms with Crippen LogP contribution in [0.25, 0.3) is 0 Å². The molecule has 0 aliphatic heterocycles. The molecular formula is C11H16BrNO3S. The standard InChI is InChI=1S/C11H16BrNO3S/c1-16-9-5-4-8-13-17(14,15)11-7-3-2-6-10(11)12/h2-3,6-7,13H,4-5,8-9H2,1H3. The zero-order chi connectivity index (χ0) is 12.7. The molecule has 0 amide bonds. The number of sulfonamides is 1. The van der Waals surface area contributed by atoms with Crippen molar-refractivity contribution < 1.29 is 13.2 Å². The summed E-state index contributed by atoms with van der Waals surface area (Å²) < 4.78 is 31.9. The van der Waals surface area contributed by atoms with Gasteiger partial charge in [-0.1, -0.05) is 12.1 Å². The molecular weight excluding hydrogens is 306 g/mol. The van der Waals surface area contributed by atoms with Crippen LogP contribution >= 0.6 is 15.9 Å². The predicted molar refractivity (Wildman–Crippen MR) is 70.4 cm³/mol. The highest BCUT2D eigenvalue weighted by Gasteiger charge is 2.15. The molecule has 0 unspecified atom stereocenters. The lowest BCUT2D eigenvalue weighted by Gasteiger charge is -2.07. The van der Waals surface area contributed by atoms with Crippen molar-refractivity contribution in [1.82, 2.24) is 4.72 Å². The Bertz CT molecular complexity index is 448. The van der Waals surface area contributed by atoms with Crippen molar-refractivity contribution >= 4 is 26.0 Å². The Balaban J connectivity index is 2.55. The molecule has 96 valence electrons. The molecule has 17 heavy (non-hydrogen) atoms. The molecule has 0 fully saturated rings. The molecule has 0 saturated carbocycles. The van der Waals surface area contributed by atoms with Crippen LogP contribution in [0.4, 0.5) is 0 Å². The van der Waals surface area contributed by atoms with E-state index in [1.165, 1.54) is 0 Å². The van der Waals surface area contributed by atoms with E-state index < -0.39 is 10.0 Å². The lowest BCUT2D eigenvalue weighted by Crippen LogP contribution is -2.25. The van der Waals surface area contributed by atoms with Gasteiger partial charge in [-0.3, -0.25) is 0 Å². The summed E-state index contributed by atoms with van der Waals surface area (Å²) in [5.74, 6) is 0. The molecule has 0 heterocycles. The first-order valence-electron chi connectivity index (χ1n) is 5.31. The summed E-state index contributed by atoms with van der Waals surface area (Å²) in [5.41, 5.74) is 0. The maximum atomic E-state index is 11.9. The Morgan fingerprint density at radius 1 is 1.29 bits per heavy atom. The molecule has 0 saturated heterocycles. The fourth-order valence-corrected chi connectivity index (χ4v) is 3.39. The van der Waals surface area contributed by atoms with Gasteiger partial charge in [0.2, 0.25) is 10.0 Å². The highest BCUT2D eigenvalue weighted by molar-refractivity contribution is 9.10. The quantitative estimate of drug-likeness (QED) is 0.783. The highest BCUT2D eigenvalue weighted by atomic mass is 79.9. The SMILES string of the molecule is COCCCCNS(=O)(=O)c1ccccc1Br. The number of nitrogens with one attached hydrogen (secondary N) is 1. The minimum absolute atomic E-state index is 0.270. The summed E-state index contributed by atoms with van der Waals surface area (Å²) in [6.07, 6.45) is 1.60. The van der Waals surface area contributed by atoms with Crippen LogP contribution in [0.5, 0.6) is 0 Å². The van der Waals surface area contributed by atoms with Gasteiger partial charge in [-0.25, -0.2) is 13.1 Å². The monoisotopic (exact) mass is 321 g/mol. The number of hydrogen-bond donors (Lipinski definition) is 1. The fraction of sp³-hybridized carbons (Fsp3) is 0.455. The first-order chi connectivity index (χ1) is 8.08. The van der Waals surface area contributed by atoms with Crippen LogP contribution in [0.15, 0.2) is 33.6 Å². The zero-order valence-electron chi connectivity index (χ0n) is 9.65. The van der Waals surface area contributed by atoms with Gasteiger partial charge in [0, 0.05) is 24.7 Å². The van der Waals surface area contributed by atoms with Crippen molar-refractivity contribution in [2.75, 3.05) is 20.3 Å². The van der Waals surface area contributed by atoms with Crippen molar-refractivity contribution in [2.24, 2.45) is 0 Å². The van der Waals surface area contributed by atoms with Gasteiger partial charge < -0.3 is 4.74 Å². The van der Waals surface area contributed by atoms with Crippen LogP contribution in [-0.2, 0) is 14.8 Å². The first kappa shape index (κ1) is 14.6. The van der Waals surface area contributed by atoms with E-state index in [9.17, 15) is 8.42 Å². The van der Waals surface area contributed by atoms with E-state index in [2.05, 4.69) is 20.7 Å². The molecule has 0 atom stereocenters. The summed E-state index contributed by atoms with van der Waals surface area (Å²) >= 11 is 3.23. The number of hydrogen-bond acceptors (Lipinski definition) is 3. The van der Waals surface area contributed by atoms with Crippen LogP contribution in [0.2, 0.25) is 0 Å². The van der Waals surface area contributed by atoms with Crippen molar-refractivity contribution in [3.63, 3.8) is 0 Å². The first-order valence-corrected chi connectivity index (χ1v) is 7.58. The molecule has 0 aliphatic carbocycles. The molecule has 0 spiro atoms. The Morgan fingerprint density at radius 3 is 2.65 bits per heavy atom. The van der Waals surface area contributed by atoms with Gasteiger partial charge in [-0.15, -0.1) is 0 Å². The summed E-state index contributed by atoms with van der Waals surface area (Å²) in [4.78, 5) is 0.270. The smallest absolute Gasteiger partial charge is 0.241 e. The molecule has 6 heteroatoms. The lowest BCUT2D eigenvalue weighted by molar-refractivity contribution is 0.193. The third kappa shape index (κ3) is 4.75. The van der Waals surface area contributed by atoms with Crippen LogP contribution in [-0.4, -0.2) is 28.7 Å². The second-order valence-corrected chi connectivity index (χ2v) is 6.12. The minimum Gasteiger partial charge on any atom is -0.385 e. The molecule has 0 aromatic heterocycles. The van der Waals surface area contributed by atoms with Crippen molar-refractivity contribution in [3.8, 4) is 0 Å². The number of rotatable bonds is 7. The lowest BCUT2D eigenvalue weighted by atomic mass is 10.3. The molecule has 0 bridgehead atoms. The maximum absolute atomic E-state index is 11.9. The second-order valence-electron chi connectivity index (χ2n) is 3.53. The maximum Gasteiger partial charge on any atom is 0.241 e. The Labute approximate surface area is 111 Å². The Morgan fingerprint density at radius 2 is 2.00 bits per heavy atom. The van der Waals surface area contributed by atoms with E-state index in [1.807, 2.05) is 0 Å². The Kier molecular flexibility index (Phi) is 6.11. The van der Waals surface area contributed by atoms with Crippen LogP contribution in [0.1, 0.15) is 12.8 Å². The number of unbranched alkanes of at least 4 members (excludes halogenated alkanes) is 1. The predicted octanol–water partition coefficient (Wildman–Crippen LogP) is 2.15. The second kappa shape index (κ2) is 7.10. The Hall–Kier alpha value is -0.430. The average molecular weight is 322 g/mol. The summed E-state index contributed by atoms with van der Waals surface area (Å²) in [5, 5.41) is 0. The zero-order valence-corrected chi connectivity index (χ0v) is 12.1. The van der Waals surface area contributed by atoms with E-state index in [0.717, 1.165) is 12.8 Å². The molecule has 1 aromatic rings. The van der Waals surface area contributed by atoms with E-state index in [1.54, 1.807) is 31.4 Å². The van der Waals surface area contributed by atoms with Crippen molar-refractivity contribution in [1.29, 1.82) is 0 Å². The van der Waals surface area contributed by atoms with E-state index >= 15 is 0 Å². The summed E-state index contributed by atoms with van der Waals surface area (Å²) in [6.45, 7) is 1.07. The van der Waals surface area contributed by atoms with Gasteiger partial charge >= 0.3 is 0 Å². The van der Waals surface area contributed by atoms with Gasteiger partial charge in [0.1, 0.15) is 0 Å². The third-order valence-corrected chi connectivity index (χ3v) is 4.67. The molecule has 4 nitrogen and oxygen atoms in total. The normalized spacial score (nSPS) is 11.6. The highest BCUT2D eigenvalue weighted by Crippen LogP contribution is 2.20. The van der Waals surface area contributed by atoms with Crippen LogP contribution in [0.3, 0.4) is 0 Å². The molecule has 0 radical (unpaired) electrons. The third-order valence-electron chi connectivity index (χ3n) is 2.19. The van der Waals surface area contributed by atoms with Crippen molar-refractivity contribution in [2.45, 2.75) is 17.7 Å². The minimum atomic E-state index is -3.42. The largest absolute Gasteiger partial charge is 0.385 e. The van der Waals surface area contributed by atoms with Crippen LogP contribution in [0, 0.1) is 0 Å². The topological polar surface area (TPSA) is 55.4 Å². The number of methoxy groups -OCH3 is 1. The van der Waals surface area contributed by atoms with Gasteiger partial charge in [0.05, 0.1) is 4.90 Å². The molecule has 1 rings (SSSR count). The summed E-state index contributed by atoms with van der Waals surface area (Å²) in [7, 11) is -1.79. The fourth-order valence-electron chi connectivity index (χ4n) is 1.32. The van der Waals surface area contributed by atoms with Gasteiger partial charge in [0.15, 0.2) is 0 Å². The summed E-state index contributed by atoms with van der Waals surface area (Å²) in [6, 6.07) is 6.76. The molecule has 1 aromatic carbocycles. The molecule has 0 aliphatic rings. The number of ether oxygens (including phenoxy) is 1. The molecule has 1 N–H and O–H groups in total. The number of benzene rings is 1. The van der Waals surface area contributed by atoms with Gasteiger partial charge in [0.25, 0.3) is 0 Å². The van der Waals surface area contributed by atoms with Gasteiger partial charge in [-0.05, 0) is 40.9 Å². The van der Waals surface area contributed by atoms with Crippen LogP contribution < -0.4 is 4.72 Å². The van der Waals surface area contributed by atoms with Gasteiger partial charge in [-0.2, -0.15) is 0 Å². The van der Waals surface area contributed by atoms with E-state index in [0.29, 0.717) is 17.6 Å². The van der Waals surface area contributed by atoms with E-state index in [-0.39, 0.29) is 4.90 Å². The van der Waals surface area contributed by atoms with E-state index in [4.69, 9.17) is 4.74 Å². The number of halogens is 1.